The van der Waals surface area contributed by atoms with E-state index in [0.717, 1.165) is 22.2 Å². The normalized spacial score (nSPS) is 21.2. The predicted octanol–water partition coefficient (Wildman–Crippen LogP) is 3.55. The fraction of sp³-hybridized carbons (Fsp3) is 0.429. The van der Waals surface area contributed by atoms with Crippen molar-refractivity contribution < 1.29 is 14.4 Å². The van der Waals surface area contributed by atoms with Crippen molar-refractivity contribution in [2.24, 2.45) is 0 Å². The maximum Gasteiger partial charge on any atom is 0.494 e. The van der Waals surface area contributed by atoms with Crippen molar-refractivity contribution in [3.05, 3.63) is 65.2 Å². The Balaban J connectivity index is 1.86. The van der Waals surface area contributed by atoms with Crippen LogP contribution in [0.1, 0.15) is 51.3 Å². The van der Waals surface area contributed by atoms with Crippen LogP contribution in [-0.4, -0.2) is 23.4 Å². The molecule has 0 bridgehead atoms. The molecule has 2 aromatic carbocycles. The largest absolute Gasteiger partial charge is 0.494 e. The van der Waals surface area contributed by atoms with Gasteiger partial charge in [-0.05, 0) is 58.1 Å². The number of benzene rings is 2. The van der Waals surface area contributed by atoms with Gasteiger partial charge in [0, 0.05) is 0 Å². The lowest BCUT2D eigenvalue weighted by atomic mass is 9.77. The first-order valence-electron chi connectivity index (χ1n) is 8.78. The Labute approximate surface area is 151 Å². The molecule has 1 fully saturated rings. The van der Waals surface area contributed by atoms with E-state index in [4.69, 9.17) is 9.31 Å². The molecule has 0 aliphatic carbocycles. The number of rotatable bonds is 3. The topological polar surface area (TPSA) is 38.7 Å². The summed E-state index contributed by atoms with van der Waals surface area (Å²) in [6, 6.07) is 15.8. The Morgan fingerprint density at radius 3 is 1.96 bits per heavy atom. The lowest BCUT2D eigenvalue weighted by Crippen LogP contribution is -2.41. The van der Waals surface area contributed by atoms with E-state index < -0.39 is 5.60 Å². The molecule has 0 aromatic heterocycles. The SMILES string of the molecule is Cc1cccc([C@@](C)(O)c2ccc(B3OC(C)(C)C(C)(C)O3)cc2)c1. The highest BCUT2D eigenvalue weighted by molar-refractivity contribution is 6.62. The second kappa shape index (κ2) is 5.98. The second-order valence-electron chi connectivity index (χ2n) is 8.15. The first kappa shape index (κ1) is 18.2. The minimum atomic E-state index is -1.04. The molecule has 4 heteroatoms. The van der Waals surface area contributed by atoms with Gasteiger partial charge in [-0.1, -0.05) is 54.1 Å². The summed E-state index contributed by atoms with van der Waals surface area (Å²) in [4.78, 5) is 0. The van der Waals surface area contributed by atoms with Gasteiger partial charge in [-0.3, -0.25) is 0 Å². The highest BCUT2D eigenvalue weighted by Gasteiger charge is 2.51. The van der Waals surface area contributed by atoms with Gasteiger partial charge in [-0.15, -0.1) is 0 Å². The van der Waals surface area contributed by atoms with Crippen molar-refractivity contribution in [2.75, 3.05) is 0 Å². The van der Waals surface area contributed by atoms with Gasteiger partial charge in [0.15, 0.2) is 0 Å². The molecule has 132 valence electrons. The van der Waals surface area contributed by atoms with Crippen LogP contribution < -0.4 is 5.46 Å². The lowest BCUT2D eigenvalue weighted by Gasteiger charge is -2.32. The fourth-order valence-electron chi connectivity index (χ4n) is 3.06. The average Bonchev–Trinajstić information content (AvgIpc) is 2.75. The monoisotopic (exact) mass is 338 g/mol. The first-order chi connectivity index (χ1) is 11.5. The van der Waals surface area contributed by atoms with E-state index in [2.05, 4.69) is 0 Å². The Morgan fingerprint density at radius 1 is 0.880 bits per heavy atom. The molecule has 1 atom stereocenters. The summed E-state index contributed by atoms with van der Waals surface area (Å²) in [5.74, 6) is 0. The Hall–Kier alpha value is -1.62. The number of hydrogen-bond donors (Lipinski definition) is 1. The molecule has 0 saturated carbocycles. The van der Waals surface area contributed by atoms with Crippen LogP contribution in [0.2, 0.25) is 0 Å². The fourth-order valence-corrected chi connectivity index (χ4v) is 3.06. The maximum atomic E-state index is 11.0. The number of aliphatic hydroxyl groups is 1. The average molecular weight is 338 g/mol. The van der Waals surface area contributed by atoms with Crippen molar-refractivity contribution in [2.45, 2.75) is 58.3 Å². The molecule has 0 radical (unpaired) electrons. The van der Waals surface area contributed by atoms with Gasteiger partial charge >= 0.3 is 7.12 Å². The van der Waals surface area contributed by atoms with Crippen LogP contribution >= 0.6 is 0 Å². The summed E-state index contributed by atoms with van der Waals surface area (Å²) in [5, 5.41) is 11.0. The smallest absolute Gasteiger partial charge is 0.399 e. The minimum absolute atomic E-state index is 0.358. The van der Waals surface area contributed by atoms with Crippen LogP contribution in [0.4, 0.5) is 0 Å². The van der Waals surface area contributed by atoms with Crippen molar-refractivity contribution >= 4 is 12.6 Å². The molecule has 1 saturated heterocycles. The van der Waals surface area contributed by atoms with E-state index in [0.29, 0.717) is 0 Å². The molecule has 1 aliphatic heterocycles. The Kier molecular flexibility index (Phi) is 4.35. The molecule has 0 unspecified atom stereocenters. The third-order valence-corrected chi connectivity index (χ3v) is 5.58. The first-order valence-corrected chi connectivity index (χ1v) is 8.78. The van der Waals surface area contributed by atoms with Gasteiger partial charge in [0.2, 0.25) is 0 Å². The van der Waals surface area contributed by atoms with E-state index in [9.17, 15) is 5.11 Å². The summed E-state index contributed by atoms with van der Waals surface area (Å²) in [7, 11) is -0.386. The highest BCUT2D eigenvalue weighted by Crippen LogP contribution is 2.36. The number of hydrogen-bond acceptors (Lipinski definition) is 3. The van der Waals surface area contributed by atoms with Crippen molar-refractivity contribution in [1.82, 2.24) is 0 Å². The zero-order chi connectivity index (χ0) is 18.5. The number of aryl methyl sites for hydroxylation is 1. The summed E-state index contributed by atoms with van der Waals surface area (Å²) in [6.07, 6.45) is 0. The van der Waals surface area contributed by atoms with Crippen molar-refractivity contribution in [3.63, 3.8) is 0 Å². The Bertz CT molecular complexity index is 747. The van der Waals surface area contributed by atoms with Crippen LogP contribution in [-0.2, 0) is 14.9 Å². The summed E-state index contributed by atoms with van der Waals surface area (Å²) >= 11 is 0. The molecular formula is C21H27BO3. The van der Waals surface area contributed by atoms with Gasteiger partial charge in [-0.2, -0.15) is 0 Å². The van der Waals surface area contributed by atoms with E-state index in [1.54, 1.807) is 0 Å². The second-order valence-corrected chi connectivity index (χ2v) is 8.15. The van der Waals surface area contributed by atoms with Crippen molar-refractivity contribution in [1.29, 1.82) is 0 Å². The van der Waals surface area contributed by atoms with Gasteiger partial charge < -0.3 is 14.4 Å². The molecule has 0 amide bonds. The third kappa shape index (κ3) is 3.26. The predicted molar refractivity (Wildman–Crippen MR) is 102 cm³/mol. The summed E-state index contributed by atoms with van der Waals surface area (Å²) < 4.78 is 12.2. The van der Waals surface area contributed by atoms with E-state index in [-0.39, 0.29) is 18.3 Å². The van der Waals surface area contributed by atoms with E-state index >= 15 is 0 Å². The van der Waals surface area contributed by atoms with Crippen molar-refractivity contribution in [3.8, 4) is 0 Å². The molecule has 2 aromatic rings. The van der Waals surface area contributed by atoms with E-state index in [1.807, 2.05) is 90.1 Å². The standard InChI is InChI=1S/C21H27BO3/c1-15-8-7-9-17(14-15)21(6,23)16-10-12-18(13-11-16)22-24-19(2,3)20(4,5)25-22/h7-14,23H,1-6H3/t21-/m0/s1. The highest BCUT2D eigenvalue weighted by atomic mass is 16.7. The molecule has 3 nitrogen and oxygen atoms in total. The molecular weight excluding hydrogens is 311 g/mol. The Morgan fingerprint density at radius 2 is 1.44 bits per heavy atom. The van der Waals surface area contributed by atoms with Gasteiger partial charge in [-0.25, -0.2) is 0 Å². The molecule has 3 rings (SSSR count). The van der Waals surface area contributed by atoms with Gasteiger partial charge in [0.05, 0.1) is 11.2 Å². The van der Waals surface area contributed by atoms with Crippen LogP contribution in [0.5, 0.6) is 0 Å². The zero-order valence-corrected chi connectivity index (χ0v) is 16.0. The summed E-state index contributed by atoms with van der Waals surface area (Å²) in [6.45, 7) is 12.0. The van der Waals surface area contributed by atoms with Gasteiger partial charge in [0.1, 0.15) is 5.60 Å². The molecule has 1 N–H and O–H groups in total. The van der Waals surface area contributed by atoms with Crippen LogP contribution in [0.15, 0.2) is 48.5 Å². The van der Waals surface area contributed by atoms with Crippen LogP contribution in [0, 0.1) is 6.92 Å². The quantitative estimate of drug-likeness (QED) is 0.870. The van der Waals surface area contributed by atoms with Crippen LogP contribution in [0.3, 0.4) is 0 Å². The minimum Gasteiger partial charge on any atom is -0.399 e. The maximum absolute atomic E-state index is 11.0. The van der Waals surface area contributed by atoms with E-state index in [1.165, 1.54) is 0 Å². The zero-order valence-electron chi connectivity index (χ0n) is 16.0. The summed E-state index contributed by atoms with van der Waals surface area (Å²) in [5.41, 5.74) is 2.07. The molecule has 0 spiro atoms. The third-order valence-electron chi connectivity index (χ3n) is 5.58. The van der Waals surface area contributed by atoms with Gasteiger partial charge in [0.25, 0.3) is 0 Å². The van der Waals surface area contributed by atoms with Crippen LogP contribution in [0.25, 0.3) is 0 Å². The molecule has 1 aliphatic rings. The molecule has 25 heavy (non-hydrogen) atoms. The lowest BCUT2D eigenvalue weighted by molar-refractivity contribution is 0.00578. The molecule has 1 heterocycles.